The van der Waals surface area contributed by atoms with Gasteiger partial charge >= 0.3 is 0 Å². The highest BCUT2D eigenvalue weighted by Crippen LogP contribution is 2.23. The van der Waals surface area contributed by atoms with Gasteiger partial charge in [-0.1, -0.05) is 36.4 Å². The summed E-state index contributed by atoms with van der Waals surface area (Å²) in [5, 5.41) is 5.77. The second-order valence-electron chi connectivity index (χ2n) is 8.01. The summed E-state index contributed by atoms with van der Waals surface area (Å²) in [4.78, 5) is 25.2. The number of benzene rings is 2. The molecule has 0 saturated carbocycles. The predicted octanol–water partition coefficient (Wildman–Crippen LogP) is 2.31. The maximum atomic E-state index is 13.2. The fraction of sp³-hybridized carbons (Fsp3) is 0.417. The lowest BCUT2D eigenvalue weighted by Gasteiger charge is -2.22. The van der Waals surface area contributed by atoms with E-state index in [1.54, 1.807) is 12.1 Å². The number of rotatable bonds is 6. The first-order valence-electron chi connectivity index (χ1n) is 11.1. The van der Waals surface area contributed by atoms with Gasteiger partial charge in [0, 0.05) is 44.6 Å². The lowest BCUT2D eigenvalue weighted by Crippen LogP contribution is -2.35. The lowest BCUT2D eigenvalue weighted by molar-refractivity contribution is -0.126. The van der Waals surface area contributed by atoms with Gasteiger partial charge in [-0.3, -0.25) is 9.59 Å². The van der Waals surface area contributed by atoms with Crippen LogP contribution in [-0.2, 0) is 26.2 Å². The van der Waals surface area contributed by atoms with Crippen molar-refractivity contribution < 1.29 is 22.7 Å². The molecule has 1 unspecified atom stereocenters. The van der Waals surface area contributed by atoms with Gasteiger partial charge in [-0.15, -0.1) is 0 Å². The van der Waals surface area contributed by atoms with E-state index in [1.807, 2.05) is 30.3 Å². The van der Waals surface area contributed by atoms with E-state index >= 15 is 0 Å². The summed E-state index contributed by atoms with van der Waals surface area (Å²) in [6.45, 7) is 1.12. The molecule has 2 amide bonds. The third kappa shape index (κ3) is 7.03. The highest BCUT2D eigenvalue weighted by molar-refractivity contribution is 7.89. The molecule has 1 heterocycles. The van der Waals surface area contributed by atoms with Crippen LogP contribution in [0.5, 0.6) is 5.75 Å². The van der Waals surface area contributed by atoms with Gasteiger partial charge in [0.1, 0.15) is 5.75 Å². The van der Waals surface area contributed by atoms with Gasteiger partial charge in [-0.25, -0.2) is 8.42 Å². The van der Waals surface area contributed by atoms with E-state index in [0.29, 0.717) is 38.1 Å². The molecule has 178 valence electrons. The number of nitrogens with one attached hydrogen (secondary N) is 2. The first kappa shape index (κ1) is 24.7. The molecule has 1 saturated heterocycles. The Hall–Kier alpha value is -2.91. The Morgan fingerprint density at radius 3 is 2.67 bits per heavy atom. The van der Waals surface area contributed by atoms with Crippen molar-refractivity contribution in [3.63, 3.8) is 0 Å². The molecule has 2 aromatic carbocycles. The topological polar surface area (TPSA) is 105 Å². The van der Waals surface area contributed by atoms with Gasteiger partial charge in [-0.2, -0.15) is 4.31 Å². The average molecular weight is 474 g/mol. The largest absolute Gasteiger partial charge is 0.497 e. The van der Waals surface area contributed by atoms with Crippen LogP contribution in [0.4, 0.5) is 0 Å². The monoisotopic (exact) mass is 473 g/mol. The molecule has 2 aromatic rings. The lowest BCUT2D eigenvalue weighted by atomic mass is 9.98. The van der Waals surface area contributed by atoms with Crippen molar-refractivity contribution in [2.24, 2.45) is 5.92 Å². The SMILES string of the molecule is COc1cccc(S(=O)(=O)N2CCCC(C(=O)NCc3ccccc3)CCNC(=O)CC2)c1. The summed E-state index contributed by atoms with van der Waals surface area (Å²) in [5.41, 5.74) is 1.01. The van der Waals surface area contributed by atoms with Crippen LogP contribution in [0.15, 0.2) is 59.5 Å². The van der Waals surface area contributed by atoms with E-state index in [9.17, 15) is 18.0 Å². The standard InChI is InChI=1S/C24H31N3O5S/c1-32-21-10-5-11-22(17-21)33(30,31)27-15-6-9-20(12-14-25-23(28)13-16-27)24(29)26-18-19-7-3-2-4-8-19/h2-5,7-8,10-11,17,20H,6,9,12-16,18H2,1H3,(H,25,28)(H,26,29). The van der Waals surface area contributed by atoms with Crippen molar-refractivity contribution in [1.82, 2.24) is 14.9 Å². The minimum Gasteiger partial charge on any atom is -0.497 e. The summed E-state index contributed by atoms with van der Waals surface area (Å²) < 4.78 is 33.0. The van der Waals surface area contributed by atoms with Crippen LogP contribution in [0.2, 0.25) is 0 Å². The molecule has 2 N–H and O–H groups in total. The van der Waals surface area contributed by atoms with Crippen LogP contribution in [0, 0.1) is 5.92 Å². The highest BCUT2D eigenvalue weighted by atomic mass is 32.2. The summed E-state index contributed by atoms with van der Waals surface area (Å²) in [7, 11) is -2.33. The smallest absolute Gasteiger partial charge is 0.243 e. The molecule has 0 radical (unpaired) electrons. The predicted molar refractivity (Wildman–Crippen MR) is 125 cm³/mol. The number of nitrogens with zero attached hydrogens (tertiary/aromatic N) is 1. The maximum Gasteiger partial charge on any atom is 0.243 e. The fourth-order valence-corrected chi connectivity index (χ4v) is 5.33. The van der Waals surface area contributed by atoms with E-state index in [2.05, 4.69) is 10.6 Å². The second kappa shape index (κ2) is 11.8. The Bertz CT molecular complexity index is 1040. The van der Waals surface area contributed by atoms with Gasteiger partial charge in [-0.05, 0) is 37.0 Å². The molecular weight excluding hydrogens is 442 g/mol. The molecule has 0 spiro atoms. The van der Waals surface area contributed by atoms with Gasteiger partial charge in [0.2, 0.25) is 21.8 Å². The van der Waals surface area contributed by atoms with Gasteiger partial charge < -0.3 is 15.4 Å². The number of carbonyl (C=O) groups excluding carboxylic acids is 2. The molecule has 0 aliphatic carbocycles. The summed E-state index contributed by atoms with van der Waals surface area (Å²) in [6.07, 6.45) is 1.62. The van der Waals surface area contributed by atoms with Crippen LogP contribution in [0.1, 0.15) is 31.2 Å². The first-order valence-corrected chi connectivity index (χ1v) is 12.6. The Morgan fingerprint density at radius 1 is 1.12 bits per heavy atom. The van der Waals surface area contributed by atoms with Crippen molar-refractivity contribution in [2.75, 3.05) is 26.7 Å². The summed E-state index contributed by atoms with van der Waals surface area (Å²) in [6, 6.07) is 15.9. The molecule has 1 aliphatic rings. The molecule has 1 fully saturated rings. The molecule has 8 nitrogen and oxygen atoms in total. The fourth-order valence-electron chi connectivity index (χ4n) is 3.81. The van der Waals surface area contributed by atoms with Crippen LogP contribution < -0.4 is 15.4 Å². The molecule has 0 aromatic heterocycles. The number of sulfonamides is 1. The zero-order valence-electron chi connectivity index (χ0n) is 18.8. The van der Waals surface area contributed by atoms with Crippen LogP contribution in [0.25, 0.3) is 0 Å². The van der Waals surface area contributed by atoms with E-state index < -0.39 is 10.0 Å². The molecule has 33 heavy (non-hydrogen) atoms. The van der Waals surface area contributed by atoms with Crippen molar-refractivity contribution in [3.8, 4) is 5.75 Å². The zero-order valence-corrected chi connectivity index (χ0v) is 19.6. The quantitative estimate of drug-likeness (QED) is 0.670. The van der Waals surface area contributed by atoms with E-state index in [4.69, 9.17) is 4.74 Å². The highest BCUT2D eigenvalue weighted by Gasteiger charge is 2.27. The number of hydrogen-bond acceptors (Lipinski definition) is 5. The Labute approximate surface area is 195 Å². The Morgan fingerprint density at radius 2 is 1.91 bits per heavy atom. The maximum absolute atomic E-state index is 13.2. The third-order valence-electron chi connectivity index (χ3n) is 5.72. The minimum atomic E-state index is -3.81. The Balaban J connectivity index is 1.69. The number of carbonyl (C=O) groups is 2. The zero-order chi connectivity index (χ0) is 23.7. The van der Waals surface area contributed by atoms with Crippen molar-refractivity contribution >= 4 is 21.8 Å². The number of methoxy groups -OCH3 is 1. The van der Waals surface area contributed by atoms with Crippen LogP contribution in [-0.4, -0.2) is 51.3 Å². The van der Waals surface area contributed by atoms with E-state index in [-0.39, 0.29) is 42.1 Å². The van der Waals surface area contributed by atoms with Gasteiger partial charge in [0.15, 0.2) is 0 Å². The van der Waals surface area contributed by atoms with Crippen molar-refractivity contribution in [2.45, 2.75) is 37.1 Å². The molecule has 1 aliphatic heterocycles. The minimum absolute atomic E-state index is 0.0636. The number of amides is 2. The van der Waals surface area contributed by atoms with E-state index in [1.165, 1.54) is 23.5 Å². The summed E-state index contributed by atoms with van der Waals surface area (Å²) in [5.74, 6) is -0.184. The molecule has 0 bridgehead atoms. The number of ether oxygens (including phenoxy) is 1. The third-order valence-corrected chi connectivity index (χ3v) is 7.62. The molecule has 1 atom stereocenters. The number of hydrogen-bond donors (Lipinski definition) is 2. The average Bonchev–Trinajstić information content (AvgIpc) is 2.88. The second-order valence-corrected chi connectivity index (χ2v) is 9.95. The van der Waals surface area contributed by atoms with Crippen molar-refractivity contribution in [1.29, 1.82) is 0 Å². The normalized spacial score (nSPS) is 18.6. The van der Waals surface area contributed by atoms with Gasteiger partial charge in [0.05, 0.1) is 12.0 Å². The van der Waals surface area contributed by atoms with Crippen molar-refractivity contribution in [3.05, 3.63) is 60.2 Å². The molecule has 3 rings (SSSR count). The van der Waals surface area contributed by atoms with Gasteiger partial charge in [0.25, 0.3) is 0 Å². The Kier molecular flexibility index (Phi) is 8.85. The van der Waals surface area contributed by atoms with Crippen LogP contribution in [0.3, 0.4) is 0 Å². The first-order chi connectivity index (χ1) is 15.9. The molecular formula is C24H31N3O5S. The molecule has 9 heteroatoms. The van der Waals surface area contributed by atoms with E-state index in [0.717, 1.165) is 5.56 Å². The summed E-state index contributed by atoms with van der Waals surface area (Å²) >= 11 is 0. The van der Waals surface area contributed by atoms with Crippen LogP contribution >= 0.6 is 0 Å².